The summed E-state index contributed by atoms with van der Waals surface area (Å²) in [4.78, 5) is 0. The van der Waals surface area contributed by atoms with Crippen LogP contribution >= 0.6 is 0 Å². The molecule has 0 unspecified atom stereocenters. The molecule has 102 heavy (non-hydrogen) atoms. The average molecular weight is 1380 g/mol. The minimum absolute atomic E-state index is 0. The van der Waals surface area contributed by atoms with E-state index >= 15 is 0 Å². The van der Waals surface area contributed by atoms with Crippen molar-refractivity contribution in [3.63, 3.8) is 0 Å². The van der Waals surface area contributed by atoms with Crippen LogP contribution in [-0.4, -0.2) is 0 Å². The maximum atomic E-state index is 8.29. The monoisotopic (exact) mass is 1380 g/mol. The lowest BCUT2D eigenvalue weighted by molar-refractivity contribution is -0.661. The number of nitrogens with zero attached hydrogens (tertiary/aromatic N) is 4. The maximum absolute atomic E-state index is 8.29. The van der Waals surface area contributed by atoms with Crippen LogP contribution in [-0.2, 0) is 60.1 Å². The Morgan fingerprint density at radius 3 is 0.784 bits per heavy atom. The third kappa shape index (κ3) is 19.5. The van der Waals surface area contributed by atoms with Crippen molar-refractivity contribution in [3.05, 3.63) is 308 Å². The quantitative estimate of drug-likeness (QED) is 0.102. The molecule has 12 aromatic rings. The van der Waals surface area contributed by atoms with Crippen molar-refractivity contribution in [1.82, 2.24) is 0 Å². The van der Waals surface area contributed by atoms with Crippen molar-refractivity contribution >= 4 is 0 Å². The van der Waals surface area contributed by atoms with Gasteiger partial charge in [0.05, 0.1) is 0 Å². The summed E-state index contributed by atoms with van der Waals surface area (Å²) >= 11 is 0. The largest absolute Gasteiger partial charge is 0.212 e. The Labute approximate surface area is 652 Å². The second-order valence-corrected chi connectivity index (χ2v) is 24.7. The molecule has 0 bridgehead atoms. The normalized spacial score (nSPS) is 14.9. The number of aromatic nitrogens is 4. The molecule has 0 spiro atoms. The maximum Gasteiger partial charge on any atom is 0.212 e. The molecule has 0 aliphatic heterocycles. The van der Waals surface area contributed by atoms with Crippen LogP contribution in [0.3, 0.4) is 0 Å². The molecule has 0 aliphatic carbocycles. The van der Waals surface area contributed by atoms with Crippen LogP contribution in [0.4, 0.5) is 0 Å². The van der Waals surface area contributed by atoms with E-state index in [4.69, 9.17) is 31.5 Å². The van der Waals surface area contributed by atoms with Crippen molar-refractivity contribution in [2.24, 2.45) is 28.2 Å². The van der Waals surface area contributed by atoms with Gasteiger partial charge >= 0.3 is 0 Å². The Morgan fingerprint density at radius 2 is 0.500 bits per heavy atom. The zero-order valence-corrected chi connectivity index (χ0v) is 58.8. The van der Waals surface area contributed by atoms with Crippen LogP contribution in [0.2, 0.25) is 0 Å². The van der Waals surface area contributed by atoms with Crippen molar-refractivity contribution in [2.75, 3.05) is 0 Å². The summed E-state index contributed by atoms with van der Waals surface area (Å²) in [5, 5.41) is 0. The number of aryl methyl sites for hydroxylation is 20. The van der Waals surface area contributed by atoms with E-state index < -0.39 is 59.8 Å². The summed E-state index contributed by atoms with van der Waals surface area (Å²) in [6.07, 6.45) is 1.28. The number of hydrogen-bond donors (Lipinski definition) is 0. The van der Waals surface area contributed by atoms with Crippen LogP contribution < -0.4 is 18.3 Å². The topological polar surface area (TPSA) is 15.5 Å². The molecule has 0 fully saturated rings. The molecule has 4 heterocycles. The Morgan fingerprint density at radius 1 is 0.245 bits per heavy atom. The fourth-order valence-corrected chi connectivity index (χ4v) is 12.5. The predicted octanol–water partition coefficient (Wildman–Crippen LogP) is 24.8. The second-order valence-electron chi connectivity index (χ2n) is 24.7. The second kappa shape index (κ2) is 38.4. The molecule has 0 atom stereocenters. The highest BCUT2D eigenvalue weighted by Gasteiger charge is 2.23. The Hall–Kier alpha value is -9.64. The molecular formula is C98H126N4+4. The van der Waals surface area contributed by atoms with Gasteiger partial charge in [-0.25, -0.2) is 18.3 Å². The van der Waals surface area contributed by atoms with E-state index in [-0.39, 0.29) is 70.5 Å². The standard InChI is InChI=1S/C24H28N.3C23H26N.5CH4/c1-6-19-14-24(25(5)16-20(19)7-2)23-15-22(17(3)13-18(23)4)21-11-9-8-10-12-21;2*1-6-19-15-24(5)23(13-16(19)2)22-14-21(17(3)12-18(22)4)20-10-8-7-9-11-20;1-6-19-13-23(24(5)15-18(19)4)22-14-21(16(2)12-17(22)3)20-10-8-7-9-11-20;;;;;/h8-16H,6-7H2,1-5H3;3*7-15H,6H2,1-5H3;5*1H4/q4*+1;;;;;/i3D3,6D2,7D2;3D3,6D2;3D3;2D3,4D3,6D2;;;;;. The SMILES string of the molecule is C.C.C.C.C.[2H]C([2H])([2H])c1cc(C)c(-c2cc(C([2H])([2H])C)c(C([2H])([2H])C)c[n+]2C)cc1-c1ccccc1.[2H]C([2H])([2H])c1cc(C)c(-c2cc(C([2H])([2H])C)c(C([2H])([2H])[2H])c[n+]2C)cc1-c1ccccc1.[2H]C([2H])([2H])c1cc(C)c(-c2cc(C)c(C([2H])([2H])C)c[n+]2C)cc1-c1ccccc1.[2H]C([2H])([2H])c1cc(C)c(-c2cc(C)c(CC)c[n+]2C)cc1-c1ccccc1. The first-order valence-electron chi connectivity index (χ1n) is 44.3. The molecule has 12 rings (SSSR count). The van der Waals surface area contributed by atoms with Gasteiger partial charge in [0.1, 0.15) is 28.2 Å². The van der Waals surface area contributed by atoms with Gasteiger partial charge in [-0.2, -0.15) is 0 Å². The molecule has 0 aliphatic rings. The number of hydrogen-bond acceptors (Lipinski definition) is 0. The van der Waals surface area contributed by atoms with Crippen molar-refractivity contribution in [2.45, 2.75) is 179 Å². The predicted molar refractivity (Wildman–Crippen MR) is 447 cm³/mol. The smallest absolute Gasteiger partial charge is 0.201 e. The van der Waals surface area contributed by atoms with E-state index in [1.54, 1.807) is 79.7 Å². The van der Waals surface area contributed by atoms with E-state index in [1.165, 1.54) is 38.1 Å². The highest BCUT2D eigenvalue weighted by atomic mass is 14.9. The van der Waals surface area contributed by atoms with Crippen LogP contribution in [0, 0.1) is 75.8 Å². The van der Waals surface area contributed by atoms with E-state index in [1.807, 2.05) is 204 Å². The lowest BCUT2D eigenvalue weighted by atomic mass is 9.92. The highest BCUT2D eigenvalue weighted by Crippen LogP contribution is 2.36. The molecule has 4 nitrogen and oxygen atoms in total. The molecule has 0 radical (unpaired) electrons. The molecule has 4 aromatic heterocycles. The van der Waals surface area contributed by atoms with Gasteiger partial charge in [0.15, 0.2) is 24.8 Å². The summed E-state index contributed by atoms with van der Waals surface area (Å²) in [5.41, 5.74) is 22.0. The zero-order chi connectivity index (χ0) is 89.4. The number of benzene rings is 8. The lowest BCUT2D eigenvalue weighted by Gasteiger charge is -2.13. The summed E-state index contributed by atoms with van der Waals surface area (Å²) in [6, 6.07) is 59.8. The minimum Gasteiger partial charge on any atom is -0.201 e. The molecule has 534 valence electrons. The summed E-state index contributed by atoms with van der Waals surface area (Å²) < 4.78 is 193. The Kier molecular flexibility index (Phi) is 20.7. The molecule has 0 N–H and O–H groups in total. The number of rotatable bonds is 13. The fraction of sp³-hybridized carbons (Fsp3) is 0.306. The first-order valence-corrected chi connectivity index (χ1v) is 32.8. The number of pyridine rings is 4. The minimum atomic E-state index is -2.47. The Bertz CT molecular complexity index is 5520. The molecule has 0 saturated heterocycles. The fourth-order valence-electron chi connectivity index (χ4n) is 12.5. The van der Waals surface area contributed by atoms with Gasteiger partial charge in [0.25, 0.3) is 0 Å². The molecule has 8 aromatic carbocycles. The van der Waals surface area contributed by atoms with Gasteiger partial charge in [-0.15, -0.1) is 0 Å². The van der Waals surface area contributed by atoms with Crippen molar-refractivity contribution < 1.29 is 49.8 Å². The van der Waals surface area contributed by atoms with Gasteiger partial charge in [-0.3, -0.25) is 0 Å². The first kappa shape index (κ1) is 55.0. The van der Waals surface area contributed by atoms with E-state index in [0.29, 0.717) is 55.9 Å². The third-order valence-corrected chi connectivity index (χ3v) is 18.0. The Balaban J connectivity index is 0.000000346. The molecule has 0 amide bonds. The highest BCUT2D eigenvalue weighted by molar-refractivity contribution is 5.80. The van der Waals surface area contributed by atoms with Gasteiger partial charge in [-0.1, -0.05) is 217 Å². The van der Waals surface area contributed by atoms with Crippen LogP contribution in [0.1, 0.15) is 192 Å². The van der Waals surface area contributed by atoms with Gasteiger partial charge in [-0.05, 0) is 243 Å². The van der Waals surface area contributed by atoms with Gasteiger partial charge < -0.3 is 0 Å². The van der Waals surface area contributed by atoms with Gasteiger partial charge in [0.2, 0.25) is 22.8 Å². The lowest BCUT2D eigenvalue weighted by Crippen LogP contribution is -2.32. The summed E-state index contributed by atoms with van der Waals surface area (Å²) in [5.74, 6) is 0. The van der Waals surface area contributed by atoms with Crippen molar-refractivity contribution in [3.8, 4) is 89.5 Å². The average Bonchev–Trinajstić information content (AvgIpc) is 0.765. The third-order valence-electron chi connectivity index (χ3n) is 18.0. The van der Waals surface area contributed by atoms with E-state index in [2.05, 4.69) is 30.7 Å². The van der Waals surface area contributed by atoms with E-state index in [0.717, 1.165) is 84.6 Å². The van der Waals surface area contributed by atoms with E-state index in [9.17, 15) is 0 Å². The van der Waals surface area contributed by atoms with Crippen LogP contribution in [0.15, 0.2) is 219 Å². The first-order chi connectivity index (χ1) is 55.3. The molecule has 0 saturated carbocycles. The molecule has 4 heteroatoms. The summed E-state index contributed by atoms with van der Waals surface area (Å²) in [6.45, 7) is 8.04. The van der Waals surface area contributed by atoms with Crippen LogP contribution in [0.5, 0.6) is 0 Å². The van der Waals surface area contributed by atoms with Gasteiger partial charge in [0, 0.05) is 100 Å². The zero-order valence-electron chi connectivity index (χ0n) is 81.8. The van der Waals surface area contributed by atoms with Crippen molar-refractivity contribution in [1.29, 1.82) is 0 Å². The van der Waals surface area contributed by atoms with Crippen LogP contribution in [0.25, 0.3) is 89.5 Å². The summed E-state index contributed by atoms with van der Waals surface area (Å²) in [7, 11) is 7.44. The molecular weight excluding hydrogens is 1230 g/mol.